The lowest BCUT2D eigenvalue weighted by Crippen LogP contribution is -2.19. The molecule has 0 aliphatic heterocycles. The second-order valence-corrected chi connectivity index (χ2v) is 5.78. The summed E-state index contributed by atoms with van der Waals surface area (Å²) in [7, 11) is 0. The third-order valence-corrected chi connectivity index (χ3v) is 2.99. The summed E-state index contributed by atoms with van der Waals surface area (Å²) >= 11 is 0. The number of anilines is 1. The first-order valence-corrected chi connectivity index (χ1v) is 6.10. The molecule has 0 bridgehead atoms. The predicted octanol–water partition coefficient (Wildman–Crippen LogP) is 2.76. The second-order valence-electron chi connectivity index (χ2n) is 5.78. The molecular formula is C14H20N4. The van der Waals surface area contributed by atoms with Crippen LogP contribution in [0.25, 0.3) is 5.69 Å². The van der Waals surface area contributed by atoms with Crippen molar-refractivity contribution in [1.82, 2.24) is 15.0 Å². The highest BCUT2D eigenvalue weighted by Crippen LogP contribution is 2.29. The van der Waals surface area contributed by atoms with E-state index < -0.39 is 0 Å². The molecule has 0 saturated carbocycles. The fourth-order valence-electron chi connectivity index (χ4n) is 2.21. The molecule has 0 aliphatic carbocycles. The molecule has 1 aromatic heterocycles. The number of rotatable bonds is 1. The lowest BCUT2D eigenvalue weighted by atomic mass is 9.91. The van der Waals surface area contributed by atoms with Crippen LogP contribution < -0.4 is 5.73 Å². The standard InChI is InChI=1S/C14H20N4/c1-9-6-7-11(10(2)8-9)18-12(14(3,4)5)13(15)16-17-18/h6-8H,15H2,1-5H3. The number of nitrogens with zero attached hydrogens (tertiary/aromatic N) is 3. The number of aromatic nitrogens is 3. The Morgan fingerprint density at radius 3 is 2.39 bits per heavy atom. The first-order valence-electron chi connectivity index (χ1n) is 6.10. The fourth-order valence-corrected chi connectivity index (χ4v) is 2.21. The Labute approximate surface area is 108 Å². The van der Waals surface area contributed by atoms with Gasteiger partial charge in [-0.3, -0.25) is 0 Å². The molecule has 0 fully saturated rings. The molecule has 0 saturated heterocycles. The van der Waals surface area contributed by atoms with Crippen molar-refractivity contribution in [3.63, 3.8) is 0 Å². The van der Waals surface area contributed by atoms with E-state index in [0.29, 0.717) is 5.82 Å². The van der Waals surface area contributed by atoms with Crippen LogP contribution in [-0.4, -0.2) is 15.0 Å². The van der Waals surface area contributed by atoms with E-state index in [1.165, 1.54) is 11.1 Å². The Morgan fingerprint density at radius 1 is 1.17 bits per heavy atom. The van der Waals surface area contributed by atoms with Crippen LogP contribution in [-0.2, 0) is 5.41 Å². The number of nitrogens with two attached hydrogens (primary N) is 1. The SMILES string of the molecule is Cc1ccc(-n2nnc(N)c2C(C)(C)C)c(C)c1. The molecular weight excluding hydrogens is 224 g/mol. The molecule has 18 heavy (non-hydrogen) atoms. The van der Waals surface area contributed by atoms with Crippen molar-refractivity contribution in [2.24, 2.45) is 0 Å². The van der Waals surface area contributed by atoms with Crippen LogP contribution >= 0.6 is 0 Å². The normalized spacial score (nSPS) is 11.8. The average Bonchev–Trinajstić information content (AvgIpc) is 2.59. The molecule has 2 rings (SSSR count). The highest BCUT2D eigenvalue weighted by atomic mass is 15.4. The highest BCUT2D eigenvalue weighted by Gasteiger charge is 2.25. The van der Waals surface area contributed by atoms with Gasteiger partial charge >= 0.3 is 0 Å². The third-order valence-electron chi connectivity index (χ3n) is 2.99. The van der Waals surface area contributed by atoms with Gasteiger partial charge in [0.1, 0.15) is 0 Å². The molecule has 1 aromatic carbocycles. The first-order chi connectivity index (χ1) is 8.30. The molecule has 0 aliphatic rings. The summed E-state index contributed by atoms with van der Waals surface area (Å²) in [6.45, 7) is 10.5. The lowest BCUT2D eigenvalue weighted by Gasteiger charge is -2.21. The van der Waals surface area contributed by atoms with E-state index in [-0.39, 0.29) is 5.41 Å². The molecule has 0 amide bonds. The maximum Gasteiger partial charge on any atom is 0.170 e. The van der Waals surface area contributed by atoms with Crippen molar-refractivity contribution in [3.05, 3.63) is 35.0 Å². The Kier molecular flexibility index (Phi) is 2.89. The van der Waals surface area contributed by atoms with Gasteiger partial charge < -0.3 is 5.73 Å². The van der Waals surface area contributed by atoms with Gasteiger partial charge in [0.15, 0.2) is 5.82 Å². The van der Waals surface area contributed by atoms with E-state index in [1.807, 2.05) is 4.68 Å². The minimum atomic E-state index is -0.0924. The summed E-state index contributed by atoms with van der Waals surface area (Å²) in [5.74, 6) is 0.502. The van der Waals surface area contributed by atoms with Crippen LogP contribution in [0.5, 0.6) is 0 Å². The van der Waals surface area contributed by atoms with Crippen LogP contribution in [0.2, 0.25) is 0 Å². The largest absolute Gasteiger partial charge is 0.381 e. The quantitative estimate of drug-likeness (QED) is 0.839. The first kappa shape index (κ1) is 12.6. The Balaban J connectivity index is 2.65. The molecule has 96 valence electrons. The van der Waals surface area contributed by atoms with Gasteiger partial charge in [0.25, 0.3) is 0 Å². The smallest absolute Gasteiger partial charge is 0.170 e. The zero-order valence-electron chi connectivity index (χ0n) is 11.7. The second kappa shape index (κ2) is 4.12. The van der Waals surface area contributed by atoms with Gasteiger partial charge in [0, 0.05) is 5.41 Å². The molecule has 4 nitrogen and oxygen atoms in total. The average molecular weight is 244 g/mol. The van der Waals surface area contributed by atoms with Crippen molar-refractivity contribution in [1.29, 1.82) is 0 Å². The van der Waals surface area contributed by atoms with Crippen LogP contribution in [0, 0.1) is 13.8 Å². The minimum absolute atomic E-state index is 0.0924. The topological polar surface area (TPSA) is 56.7 Å². The zero-order valence-corrected chi connectivity index (χ0v) is 11.7. The maximum absolute atomic E-state index is 5.95. The molecule has 4 heteroatoms. The zero-order chi connectivity index (χ0) is 13.5. The van der Waals surface area contributed by atoms with Gasteiger partial charge in [-0.15, -0.1) is 5.10 Å². The summed E-state index contributed by atoms with van der Waals surface area (Å²) in [6, 6.07) is 6.28. The van der Waals surface area contributed by atoms with Gasteiger partial charge in [0.05, 0.1) is 11.4 Å². The number of hydrogen-bond acceptors (Lipinski definition) is 3. The summed E-state index contributed by atoms with van der Waals surface area (Å²) in [5.41, 5.74) is 10.3. The van der Waals surface area contributed by atoms with E-state index in [2.05, 4.69) is 63.1 Å². The third kappa shape index (κ3) is 2.10. The van der Waals surface area contributed by atoms with Crippen molar-refractivity contribution in [2.75, 3.05) is 5.73 Å². The van der Waals surface area contributed by atoms with Crippen LogP contribution in [0.1, 0.15) is 37.6 Å². The maximum atomic E-state index is 5.95. The molecule has 2 N–H and O–H groups in total. The van der Waals surface area contributed by atoms with Gasteiger partial charge in [-0.2, -0.15) is 0 Å². The number of hydrogen-bond donors (Lipinski definition) is 1. The van der Waals surface area contributed by atoms with Crippen LogP contribution in [0.3, 0.4) is 0 Å². The van der Waals surface area contributed by atoms with Crippen molar-refractivity contribution < 1.29 is 0 Å². The minimum Gasteiger partial charge on any atom is -0.381 e. The lowest BCUT2D eigenvalue weighted by molar-refractivity contribution is 0.544. The Bertz CT molecular complexity index is 576. The van der Waals surface area contributed by atoms with Crippen LogP contribution in [0.15, 0.2) is 18.2 Å². The number of aryl methyl sites for hydroxylation is 2. The van der Waals surface area contributed by atoms with Gasteiger partial charge in [0.2, 0.25) is 0 Å². The summed E-state index contributed by atoms with van der Waals surface area (Å²) in [5, 5.41) is 8.20. The Hall–Kier alpha value is -1.84. The van der Waals surface area contributed by atoms with Crippen molar-refractivity contribution in [3.8, 4) is 5.69 Å². The van der Waals surface area contributed by atoms with E-state index in [0.717, 1.165) is 11.4 Å². The number of nitrogen functional groups attached to an aromatic ring is 1. The van der Waals surface area contributed by atoms with E-state index >= 15 is 0 Å². The van der Waals surface area contributed by atoms with Gasteiger partial charge in [-0.25, -0.2) is 4.68 Å². The molecule has 0 radical (unpaired) electrons. The molecule has 0 unspecified atom stereocenters. The molecule has 0 spiro atoms. The number of benzene rings is 1. The summed E-state index contributed by atoms with van der Waals surface area (Å²) in [6.07, 6.45) is 0. The molecule has 0 atom stereocenters. The fraction of sp³-hybridized carbons (Fsp3) is 0.429. The van der Waals surface area contributed by atoms with Gasteiger partial charge in [-0.1, -0.05) is 43.7 Å². The van der Waals surface area contributed by atoms with Gasteiger partial charge in [-0.05, 0) is 25.5 Å². The van der Waals surface area contributed by atoms with Crippen molar-refractivity contribution in [2.45, 2.75) is 40.0 Å². The summed E-state index contributed by atoms with van der Waals surface area (Å²) < 4.78 is 1.85. The monoisotopic (exact) mass is 244 g/mol. The predicted molar refractivity (Wildman–Crippen MR) is 73.9 cm³/mol. The van der Waals surface area contributed by atoms with Crippen LogP contribution in [0.4, 0.5) is 5.82 Å². The Morgan fingerprint density at radius 2 is 1.83 bits per heavy atom. The van der Waals surface area contributed by atoms with E-state index in [4.69, 9.17) is 5.73 Å². The summed E-state index contributed by atoms with van der Waals surface area (Å²) in [4.78, 5) is 0. The van der Waals surface area contributed by atoms with E-state index in [9.17, 15) is 0 Å². The van der Waals surface area contributed by atoms with Crippen molar-refractivity contribution >= 4 is 5.82 Å². The molecule has 1 heterocycles. The molecule has 2 aromatic rings. The highest BCUT2D eigenvalue weighted by molar-refractivity contribution is 5.48. The van der Waals surface area contributed by atoms with E-state index in [1.54, 1.807) is 0 Å².